The Balaban J connectivity index is 1.86. The average molecular weight is 351 g/mol. The number of benzene rings is 2. The number of carbonyl (C=O) groups is 1. The van der Waals surface area contributed by atoms with Crippen molar-refractivity contribution >= 4 is 16.9 Å². The molecule has 5 nitrogen and oxygen atoms in total. The lowest BCUT2D eigenvalue weighted by Crippen LogP contribution is -2.30. The summed E-state index contributed by atoms with van der Waals surface area (Å²) in [7, 11) is 1.67. The molecule has 1 aromatic heterocycles. The number of nitrogens with zero attached hydrogens (tertiary/aromatic N) is 1. The van der Waals surface area contributed by atoms with Crippen molar-refractivity contribution < 1.29 is 13.9 Å². The molecule has 0 aliphatic rings. The molecule has 0 saturated carbocycles. The smallest absolute Gasteiger partial charge is 0.349 e. The van der Waals surface area contributed by atoms with Crippen LogP contribution in [0.25, 0.3) is 11.0 Å². The van der Waals surface area contributed by atoms with Gasteiger partial charge in [0.2, 0.25) is 0 Å². The van der Waals surface area contributed by atoms with E-state index in [1.54, 1.807) is 31.3 Å². The van der Waals surface area contributed by atoms with Crippen LogP contribution in [0.4, 0.5) is 0 Å². The van der Waals surface area contributed by atoms with Gasteiger partial charge < -0.3 is 14.1 Å². The normalized spacial score (nSPS) is 10.7. The van der Waals surface area contributed by atoms with Gasteiger partial charge >= 0.3 is 5.63 Å². The van der Waals surface area contributed by atoms with Gasteiger partial charge in [0.1, 0.15) is 16.9 Å². The lowest BCUT2D eigenvalue weighted by atomic mass is 10.1. The highest BCUT2D eigenvalue weighted by Crippen LogP contribution is 2.21. The average Bonchev–Trinajstić information content (AvgIpc) is 2.65. The van der Waals surface area contributed by atoms with Gasteiger partial charge in [-0.15, -0.1) is 0 Å². The summed E-state index contributed by atoms with van der Waals surface area (Å²) < 4.78 is 10.9. The van der Waals surface area contributed by atoms with E-state index in [0.29, 0.717) is 29.9 Å². The molecule has 0 radical (unpaired) electrons. The van der Waals surface area contributed by atoms with Gasteiger partial charge in [-0.05, 0) is 30.2 Å². The Bertz CT molecular complexity index is 963. The van der Waals surface area contributed by atoms with Gasteiger partial charge in [0.15, 0.2) is 0 Å². The fourth-order valence-electron chi connectivity index (χ4n) is 2.69. The maximum absolute atomic E-state index is 12.7. The summed E-state index contributed by atoms with van der Waals surface area (Å²) in [6.45, 7) is 3.03. The molecule has 0 atom stereocenters. The minimum absolute atomic E-state index is 0.0261. The zero-order chi connectivity index (χ0) is 18.5. The first-order chi connectivity index (χ1) is 12.6. The maximum Gasteiger partial charge on any atom is 0.349 e. The Morgan fingerprint density at radius 3 is 2.62 bits per heavy atom. The highest BCUT2D eigenvalue weighted by Gasteiger charge is 2.18. The number of ether oxygens (including phenoxy) is 1. The van der Waals surface area contributed by atoms with Crippen LogP contribution in [0.15, 0.2) is 63.8 Å². The van der Waals surface area contributed by atoms with E-state index >= 15 is 0 Å². The standard InChI is InChI=1S/C21H21NO4/c1-3-11-25-17-10-9-16-12-18(21(24)26-19(16)13-17)20(23)22(2)14-15-7-5-4-6-8-15/h4-10,12-13H,3,11,14H2,1-2H3. The molecule has 0 unspecified atom stereocenters. The Morgan fingerprint density at radius 2 is 1.88 bits per heavy atom. The van der Waals surface area contributed by atoms with Crippen molar-refractivity contribution in [2.75, 3.05) is 13.7 Å². The third-order valence-corrected chi connectivity index (χ3v) is 4.02. The third kappa shape index (κ3) is 3.94. The summed E-state index contributed by atoms with van der Waals surface area (Å²) in [5.74, 6) is 0.276. The molecule has 3 aromatic rings. The topological polar surface area (TPSA) is 59.8 Å². The van der Waals surface area contributed by atoms with Crippen LogP contribution < -0.4 is 10.4 Å². The van der Waals surface area contributed by atoms with Crippen molar-refractivity contribution in [1.82, 2.24) is 4.90 Å². The molecule has 0 aliphatic carbocycles. The molecule has 3 rings (SSSR count). The highest BCUT2D eigenvalue weighted by atomic mass is 16.5. The number of hydrogen-bond donors (Lipinski definition) is 0. The number of fused-ring (bicyclic) bond motifs is 1. The Hall–Kier alpha value is -3.08. The minimum atomic E-state index is -0.643. The molecule has 0 bridgehead atoms. The molecular formula is C21H21NO4. The molecule has 1 amide bonds. The van der Waals surface area contributed by atoms with Crippen LogP contribution in [-0.4, -0.2) is 24.5 Å². The van der Waals surface area contributed by atoms with E-state index in [0.717, 1.165) is 12.0 Å². The zero-order valence-electron chi connectivity index (χ0n) is 14.9. The van der Waals surface area contributed by atoms with Crippen molar-refractivity contribution in [2.45, 2.75) is 19.9 Å². The van der Waals surface area contributed by atoms with Crippen LogP contribution in [0.5, 0.6) is 5.75 Å². The minimum Gasteiger partial charge on any atom is -0.493 e. The van der Waals surface area contributed by atoms with Gasteiger partial charge in [0.25, 0.3) is 5.91 Å². The van der Waals surface area contributed by atoms with Crippen LogP contribution >= 0.6 is 0 Å². The van der Waals surface area contributed by atoms with Crippen molar-refractivity contribution in [2.24, 2.45) is 0 Å². The monoisotopic (exact) mass is 351 g/mol. The van der Waals surface area contributed by atoms with E-state index in [1.807, 2.05) is 37.3 Å². The molecule has 1 heterocycles. The van der Waals surface area contributed by atoms with Gasteiger partial charge in [-0.3, -0.25) is 4.79 Å². The Morgan fingerprint density at radius 1 is 1.12 bits per heavy atom. The third-order valence-electron chi connectivity index (χ3n) is 4.02. The Kier molecular flexibility index (Phi) is 5.37. The molecule has 0 spiro atoms. The molecule has 0 saturated heterocycles. The molecule has 2 aromatic carbocycles. The summed E-state index contributed by atoms with van der Waals surface area (Å²) in [5, 5.41) is 0.685. The summed E-state index contributed by atoms with van der Waals surface area (Å²) in [4.78, 5) is 26.5. The van der Waals surface area contributed by atoms with Crippen LogP contribution in [0.3, 0.4) is 0 Å². The van der Waals surface area contributed by atoms with E-state index in [2.05, 4.69) is 0 Å². The SMILES string of the molecule is CCCOc1ccc2cc(C(=O)N(C)Cc3ccccc3)c(=O)oc2c1. The van der Waals surface area contributed by atoms with E-state index in [-0.39, 0.29) is 11.5 Å². The van der Waals surface area contributed by atoms with Crippen LogP contribution in [0.2, 0.25) is 0 Å². The van der Waals surface area contributed by atoms with Gasteiger partial charge in [0.05, 0.1) is 6.61 Å². The van der Waals surface area contributed by atoms with Crippen molar-refractivity contribution in [3.8, 4) is 5.75 Å². The quantitative estimate of drug-likeness (QED) is 0.633. The lowest BCUT2D eigenvalue weighted by molar-refractivity contribution is 0.0781. The number of rotatable bonds is 6. The van der Waals surface area contributed by atoms with E-state index in [4.69, 9.17) is 9.15 Å². The lowest BCUT2D eigenvalue weighted by Gasteiger charge is -2.17. The second-order valence-electron chi connectivity index (χ2n) is 6.14. The first-order valence-electron chi connectivity index (χ1n) is 8.58. The maximum atomic E-state index is 12.7. The predicted molar refractivity (Wildman–Crippen MR) is 101 cm³/mol. The van der Waals surface area contributed by atoms with Crippen molar-refractivity contribution in [1.29, 1.82) is 0 Å². The summed E-state index contributed by atoms with van der Waals surface area (Å²) >= 11 is 0. The molecule has 5 heteroatoms. The molecule has 0 aliphatic heterocycles. The van der Waals surface area contributed by atoms with Crippen LogP contribution in [0, 0.1) is 0 Å². The van der Waals surface area contributed by atoms with Crippen molar-refractivity contribution in [3.63, 3.8) is 0 Å². The molecule has 0 N–H and O–H groups in total. The second-order valence-corrected chi connectivity index (χ2v) is 6.14. The summed E-state index contributed by atoms with van der Waals surface area (Å²) in [5.41, 5.74) is 0.783. The number of carbonyl (C=O) groups excluding carboxylic acids is 1. The summed E-state index contributed by atoms with van der Waals surface area (Å²) in [6.07, 6.45) is 0.892. The molecule has 0 fully saturated rings. The van der Waals surface area contributed by atoms with Gasteiger partial charge in [-0.1, -0.05) is 37.3 Å². The predicted octanol–water partition coefficient (Wildman–Crippen LogP) is 3.85. The number of amides is 1. The van der Waals surface area contributed by atoms with Crippen molar-refractivity contribution in [3.05, 3.63) is 76.1 Å². The van der Waals surface area contributed by atoms with Crippen LogP contribution in [-0.2, 0) is 6.54 Å². The van der Waals surface area contributed by atoms with E-state index in [1.165, 1.54) is 4.90 Å². The van der Waals surface area contributed by atoms with E-state index < -0.39 is 5.63 Å². The van der Waals surface area contributed by atoms with Gasteiger partial charge in [-0.25, -0.2) is 4.79 Å². The fraction of sp³-hybridized carbons (Fsp3) is 0.238. The summed E-state index contributed by atoms with van der Waals surface area (Å²) in [6, 6.07) is 16.5. The first kappa shape index (κ1) is 17.7. The molecule has 134 valence electrons. The fourth-order valence-corrected chi connectivity index (χ4v) is 2.69. The van der Waals surface area contributed by atoms with E-state index in [9.17, 15) is 9.59 Å². The Labute approximate surface area is 151 Å². The second kappa shape index (κ2) is 7.87. The zero-order valence-corrected chi connectivity index (χ0v) is 14.9. The number of hydrogen-bond acceptors (Lipinski definition) is 4. The molecule has 26 heavy (non-hydrogen) atoms. The first-order valence-corrected chi connectivity index (χ1v) is 8.58. The highest BCUT2D eigenvalue weighted by molar-refractivity contribution is 5.96. The van der Waals surface area contributed by atoms with Crippen LogP contribution in [0.1, 0.15) is 29.3 Å². The molecular weight excluding hydrogens is 330 g/mol. The van der Waals surface area contributed by atoms with Gasteiger partial charge in [-0.2, -0.15) is 0 Å². The van der Waals surface area contributed by atoms with Gasteiger partial charge in [0, 0.05) is 25.0 Å². The largest absolute Gasteiger partial charge is 0.493 e.